The Morgan fingerprint density at radius 3 is 2.43 bits per heavy atom. The molecular formula is C11H15NO2. The molecule has 1 rings (SSSR count). The van der Waals surface area contributed by atoms with Crippen LogP contribution in [0.2, 0.25) is 0 Å². The second kappa shape index (κ2) is 3.78. The van der Waals surface area contributed by atoms with Gasteiger partial charge >= 0.3 is 5.97 Å². The molecule has 0 spiro atoms. The van der Waals surface area contributed by atoms with Crippen molar-refractivity contribution >= 4 is 5.97 Å². The Labute approximate surface area is 83.8 Å². The van der Waals surface area contributed by atoms with E-state index in [0.29, 0.717) is 11.3 Å². The summed E-state index contributed by atoms with van der Waals surface area (Å²) in [5.74, 6) is -0.751. The van der Waals surface area contributed by atoms with Crippen molar-refractivity contribution in [3.63, 3.8) is 0 Å². The number of hydrogen-bond donors (Lipinski definition) is 1. The van der Waals surface area contributed by atoms with Crippen molar-refractivity contribution in [2.24, 2.45) is 0 Å². The molecule has 76 valence electrons. The van der Waals surface area contributed by atoms with Gasteiger partial charge in [0.05, 0.1) is 11.3 Å². The molecule has 1 heterocycles. The Morgan fingerprint density at radius 1 is 1.43 bits per heavy atom. The predicted molar refractivity (Wildman–Crippen MR) is 54.8 cm³/mol. The topological polar surface area (TPSA) is 50.2 Å². The number of aromatic carboxylic acids is 1. The summed E-state index contributed by atoms with van der Waals surface area (Å²) in [6.45, 7) is 7.59. The summed E-state index contributed by atoms with van der Waals surface area (Å²) < 4.78 is 0. The van der Waals surface area contributed by atoms with Gasteiger partial charge in [-0.15, -0.1) is 0 Å². The summed E-state index contributed by atoms with van der Waals surface area (Å²) >= 11 is 0. The lowest BCUT2D eigenvalue weighted by Crippen LogP contribution is -2.10. The van der Waals surface area contributed by atoms with Crippen molar-refractivity contribution in [1.29, 1.82) is 0 Å². The van der Waals surface area contributed by atoms with Gasteiger partial charge < -0.3 is 5.11 Å². The fourth-order valence-corrected chi connectivity index (χ4v) is 1.56. The molecule has 3 nitrogen and oxygen atoms in total. The summed E-state index contributed by atoms with van der Waals surface area (Å²) in [7, 11) is 0. The highest BCUT2D eigenvalue weighted by atomic mass is 16.4. The second-order valence-electron chi connectivity index (χ2n) is 3.80. The molecule has 0 aromatic carbocycles. The highest BCUT2D eigenvalue weighted by Crippen LogP contribution is 2.21. The number of carboxylic acids is 1. The molecule has 0 saturated carbocycles. The Morgan fingerprint density at radius 2 is 2.00 bits per heavy atom. The molecule has 0 aliphatic carbocycles. The largest absolute Gasteiger partial charge is 0.478 e. The van der Waals surface area contributed by atoms with Gasteiger partial charge in [-0.2, -0.15) is 0 Å². The number of pyridine rings is 1. The standard InChI is InChI=1S/C11H15NO2/c1-6(2)10-9(11(13)14)7(3)5-8(4)12-10/h5-6H,1-4H3,(H,13,14). The lowest BCUT2D eigenvalue weighted by molar-refractivity contribution is 0.0694. The fraction of sp³-hybridized carbons (Fsp3) is 0.455. The molecule has 0 fully saturated rings. The molecule has 1 aromatic rings. The molecule has 0 amide bonds. The van der Waals surface area contributed by atoms with Crippen molar-refractivity contribution in [2.45, 2.75) is 33.6 Å². The molecule has 0 saturated heterocycles. The lowest BCUT2D eigenvalue weighted by atomic mass is 9.99. The molecule has 1 aromatic heterocycles. The van der Waals surface area contributed by atoms with Gasteiger partial charge in [0, 0.05) is 5.69 Å². The van der Waals surface area contributed by atoms with Crippen LogP contribution in [0.15, 0.2) is 6.07 Å². The van der Waals surface area contributed by atoms with Crippen LogP contribution in [0, 0.1) is 13.8 Å². The van der Waals surface area contributed by atoms with Gasteiger partial charge in [-0.3, -0.25) is 4.98 Å². The van der Waals surface area contributed by atoms with Crippen molar-refractivity contribution in [1.82, 2.24) is 4.98 Å². The van der Waals surface area contributed by atoms with Gasteiger partial charge in [-0.25, -0.2) is 4.79 Å². The van der Waals surface area contributed by atoms with Crippen molar-refractivity contribution in [3.05, 3.63) is 28.6 Å². The van der Waals surface area contributed by atoms with Gasteiger partial charge in [-0.1, -0.05) is 13.8 Å². The second-order valence-corrected chi connectivity index (χ2v) is 3.80. The third kappa shape index (κ3) is 1.92. The van der Waals surface area contributed by atoms with E-state index in [4.69, 9.17) is 5.11 Å². The summed E-state index contributed by atoms with van der Waals surface area (Å²) in [6.07, 6.45) is 0. The van der Waals surface area contributed by atoms with Crippen LogP contribution >= 0.6 is 0 Å². The van der Waals surface area contributed by atoms with Gasteiger partial charge in [0.15, 0.2) is 0 Å². The lowest BCUT2D eigenvalue weighted by Gasteiger charge is -2.12. The normalized spacial score (nSPS) is 10.6. The quantitative estimate of drug-likeness (QED) is 0.785. The Balaban J connectivity index is 3.44. The smallest absolute Gasteiger partial charge is 0.337 e. The zero-order valence-electron chi connectivity index (χ0n) is 8.96. The van der Waals surface area contributed by atoms with E-state index in [1.54, 1.807) is 6.07 Å². The van der Waals surface area contributed by atoms with Gasteiger partial charge in [0.25, 0.3) is 0 Å². The number of aromatic nitrogens is 1. The van der Waals surface area contributed by atoms with Crippen LogP contribution in [-0.2, 0) is 0 Å². The minimum absolute atomic E-state index is 0.139. The summed E-state index contributed by atoms with van der Waals surface area (Å²) in [4.78, 5) is 15.3. The number of carboxylic acid groups (broad SMARTS) is 1. The molecular weight excluding hydrogens is 178 g/mol. The molecule has 0 unspecified atom stereocenters. The van der Waals surface area contributed by atoms with Crippen LogP contribution in [-0.4, -0.2) is 16.1 Å². The van der Waals surface area contributed by atoms with Crippen LogP contribution in [0.1, 0.15) is 47.1 Å². The van der Waals surface area contributed by atoms with E-state index in [2.05, 4.69) is 4.98 Å². The summed E-state index contributed by atoms with van der Waals surface area (Å²) in [5, 5.41) is 9.05. The van der Waals surface area contributed by atoms with E-state index in [1.165, 1.54) is 0 Å². The third-order valence-electron chi connectivity index (χ3n) is 2.13. The zero-order valence-corrected chi connectivity index (χ0v) is 8.96. The minimum Gasteiger partial charge on any atom is -0.478 e. The molecule has 0 aliphatic heterocycles. The summed E-state index contributed by atoms with van der Waals surface area (Å²) in [6, 6.07) is 1.80. The van der Waals surface area contributed by atoms with Gasteiger partial charge in [0.1, 0.15) is 0 Å². The third-order valence-corrected chi connectivity index (χ3v) is 2.13. The monoisotopic (exact) mass is 193 g/mol. The minimum atomic E-state index is -0.890. The van der Waals surface area contributed by atoms with Crippen LogP contribution in [0.5, 0.6) is 0 Å². The van der Waals surface area contributed by atoms with Crippen molar-refractivity contribution in [3.8, 4) is 0 Å². The van der Waals surface area contributed by atoms with Crippen molar-refractivity contribution < 1.29 is 9.90 Å². The van der Waals surface area contributed by atoms with E-state index in [0.717, 1.165) is 11.3 Å². The number of hydrogen-bond acceptors (Lipinski definition) is 2. The van der Waals surface area contributed by atoms with Crippen molar-refractivity contribution in [2.75, 3.05) is 0 Å². The Kier molecular flexibility index (Phi) is 2.89. The van der Waals surface area contributed by atoms with E-state index >= 15 is 0 Å². The van der Waals surface area contributed by atoms with E-state index < -0.39 is 5.97 Å². The summed E-state index contributed by atoms with van der Waals surface area (Å²) in [5.41, 5.74) is 2.69. The number of aryl methyl sites for hydroxylation is 2. The average molecular weight is 193 g/mol. The molecule has 14 heavy (non-hydrogen) atoms. The maximum absolute atomic E-state index is 11.0. The molecule has 1 N–H and O–H groups in total. The van der Waals surface area contributed by atoms with E-state index in [1.807, 2.05) is 27.7 Å². The number of nitrogens with zero attached hydrogens (tertiary/aromatic N) is 1. The first kappa shape index (κ1) is 10.7. The first-order valence-corrected chi connectivity index (χ1v) is 4.65. The highest BCUT2D eigenvalue weighted by molar-refractivity contribution is 5.90. The van der Waals surface area contributed by atoms with E-state index in [-0.39, 0.29) is 5.92 Å². The SMILES string of the molecule is Cc1cc(C)c(C(=O)O)c(C(C)C)n1. The van der Waals surface area contributed by atoms with Crippen LogP contribution < -0.4 is 0 Å². The maximum Gasteiger partial charge on any atom is 0.337 e. The Bertz CT molecular complexity index is 370. The van der Waals surface area contributed by atoms with Crippen LogP contribution in [0.25, 0.3) is 0 Å². The van der Waals surface area contributed by atoms with Crippen LogP contribution in [0.3, 0.4) is 0 Å². The molecule has 0 atom stereocenters. The highest BCUT2D eigenvalue weighted by Gasteiger charge is 2.17. The molecule has 0 bridgehead atoms. The molecule has 3 heteroatoms. The van der Waals surface area contributed by atoms with E-state index in [9.17, 15) is 4.79 Å². The van der Waals surface area contributed by atoms with Gasteiger partial charge in [0.2, 0.25) is 0 Å². The van der Waals surface area contributed by atoms with Gasteiger partial charge in [-0.05, 0) is 31.4 Å². The molecule has 0 radical (unpaired) electrons. The maximum atomic E-state index is 11.0. The molecule has 0 aliphatic rings. The fourth-order valence-electron chi connectivity index (χ4n) is 1.56. The predicted octanol–water partition coefficient (Wildman–Crippen LogP) is 2.52. The number of carbonyl (C=O) groups is 1. The first-order chi connectivity index (χ1) is 6.43. The average Bonchev–Trinajstić information content (AvgIpc) is 2.01. The number of rotatable bonds is 2. The zero-order chi connectivity index (χ0) is 10.9. The van der Waals surface area contributed by atoms with Crippen LogP contribution in [0.4, 0.5) is 0 Å². The Hall–Kier alpha value is -1.38. The first-order valence-electron chi connectivity index (χ1n) is 4.65.